The van der Waals surface area contributed by atoms with E-state index in [-0.39, 0.29) is 23.8 Å². The van der Waals surface area contributed by atoms with Gasteiger partial charge in [-0.2, -0.15) is 0 Å². The fourth-order valence-electron chi connectivity index (χ4n) is 5.70. The second-order valence-corrected chi connectivity index (χ2v) is 11.7. The van der Waals surface area contributed by atoms with Gasteiger partial charge in [0.15, 0.2) is 0 Å². The Balaban J connectivity index is 1.83. The van der Waals surface area contributed by atoms with E-state index in [0.29, 0.717) is 11.5 Å². The Hall–Kier alpha value is -4.70. The third-order valence-corrected chi connectivity index (χ3v) is 7.86. The molecule has 6 aromatic rings. The van der Waals surface area contributed by atoms with Crippen molar-refractivity contribution in [2.24, 2.45) is 11.8 Å². The van der Waals surface area contributed by atoms with Gasteiger partial charge in [-0.25, -0.2) is 0 Å². The van der Waals surface area contributed by atoms with Crippen molar-refractivity contribution in [2.75, 3.05) is 0 Å². The van der Waals surface area contributed by atoms with Gasteiger partial charge in [-0.05, 0) is 46.5 Å². The summed E-state index contributed by atoms with van der Waals surface area (Å²) in [7, 11) is 0. The normalized spacial score (nSPS) is 11.7. The molecule has 0 N–H and O–H groups in total. The average molecular weight is 555 g/mol. The topological polar surface area (TPSA) is 52.6 Å². The fourth-order valence-corrected chi connectivity index (χ4v) is 5.70. The highest BCUT2D eigenvalue weighted by molar-refractivity contribution is 6.27. The van der Waals surface area contributed by atoms with Crippen LogP contribution >= 0.6 is 0 Å². The molecular formula is C38H34O4. The summed E-state index contributed by atoms with van der Waals surface area (Å²) in [5.74, 6) is 0.0997. The molecule has 0 aliphatic carbocycles. The highest BCUT2D eigenvalue weighted by atomic mass is 16.5. The van der Waals surface area contributed by atoms with Gasteiger partial charge < -0.3 is 9.47 Å². The van der Waals surface area contributed by atoms with Crippen LogP contribution in [-0.4, -0.2) is 11.9 Å². The van der Waals surface area contributed by atoms with E-state index in [0.717, 1.165) is 65.3 Å². The average Bonchev–Trinajstić information content (AvgIpc) is 2.97. The molecule has 0 bridgehead atoms. The second kappa shape index (κ2) is 10.6. The zero-order valence-corrected chi connectivity index (χ0v) is 24.9. The fraction of sp³-hybridized carbons (Fsp3) is 0.211. The number of carbonyl (C=O) groups is 2. The third kappa shape index (κ3) is 4.57. The van der Waals surface area contributed by atoms with Crippen LogP contribution in [0, 0.1) is 25.7 Å². The first-order chi connectivity index (χ1) is 20.2. The molecule has 42 heavy (non-hydrogen) atoms. The predicted molar refractivity (Wildman–Crippen MR) is 172 cm³/mol. The number of carbonyl (C=O) groups excluding carboxylic acids is 2. The summed E-state index contributed by atoms with van der Waals surface area (Å²) in [5, 5.41) is 7.48. The minimum Gasteiger partial charge on any atom is -0.425 e. The highest BCUT2D eigenvalue weighted by Gasteiger charge is 2.25. The van der Waals surface area contributed by atoms with Gasteiger partial charge in [-0.3, -0.25) is 9.59 Å². The number of hydrogen-bond acceptors (Lipinski definition) is 4. The summed E-state index contributed by atoms with van der Waals surface area (Å²) in [6, 6.07) is 28.8. The largest absolute Gasteiger partial charge is 0.425 e. The number of hydrogen-bond donors (Lipinski definition) is 0. The van der Waals surface area contributed by atoms with Crippen molar-refractivity contribution < 1.29 is 19.1 Å². The van der Waals surface area contributed by atoms with Crippen molar-refractivity contribution in [3.05, 3.63) is 96.1 Å². The summed E-state index contributed by atoms with van der Waals surface area (Å²) in [5.41, 5.74) is 4.32. The maximum atomic E-state index is 12.9. The first kappa shape index (κ1) is 27.5. The summed E-state index contributed by atoms with van der Waals surface area (Å²) < 4.78 is 12.2. The number of rotatable bonds is 5. The van der Waals surface area contributed by atoms with Gasteiger partial charge in [0.05, 0.1) is 11.8 Å². The minimum atomic E-state index is -0.266. The van der Waals surface area contributed by atoms with Gasteiger partial charge in [-0.1, -0.05) is 124 Å². The molecule has 6 aromatic carbocycles. The van der Waals surface area contributed by atoms with E-state index < -0.39 is 0 Å². The van der Waals surface area contributed by atoms with Crippen LogP contribution in [0.4, 0.5) is 0 Å². The van der Waals surface area contributed by atoms with E-state index in [9.17, 15) is 9.59 Å². The lowest BCUT2D eigenvalue weighted by molar-refractivity contribution is -0.138. The molecule has 0 aliphatic heterocycles. The van der Waals surface area contributed by atoms with Crippen molar-refractivity contribution >= 4 is 55.0 Å². The standard InChI is InChI=1S/C38H34O4/c1-21(2)37(39)41-35-27-13-9-7-11-25(27)33(31-19-23(5)15-17-29(31)35)34-26-12-8-10-14-28(26)36(42-38(40)22(3)4)30-18-16-24(6)20-32(30)34/h7-22H,1-6H3. The Morgan fingerprint density at radius 2 is 0.810 bits per heavy atom. The number of ether oxygens (including phenoxy) is 2. The monoisotopic (exact) mass is 554 g/mol. The SMILES string of the molecule is Cc1ccc2c(OC(=O)C(C)C)c3ccccc3c(-c3c4ccccc4c(OC(=O)C(C)C)c4ccc(C)cc34)c2c1. The summed E-state index contributed by atoms with van der Waals surface area (Å²) in [4.78, 5) is 25.8. The van der Waals surface area contributed by atoms with Crippen LogP contribution in [0.15, 0.2) is 84.9 Å². The van der Waals surface area contributed by atoms with Crippen molar-refractivity contribution in [1.29, 1.82) is 0 Å². The molecule has 0 saturated heterocycles. The minimum absolute atomic E-state index is 0.263. The molecule has 0 unspecified atom stereocenters. The van der Waals surface area contributed by atoms with Crippen LogP contribution in [0.3, 0.4) is 0 Å². The molecule has 0 amide bonds. The first-order valence-electron chi connectivity index (χ1n) is 14.5. The van der Waals surface area contributed by atoms with E-state index in [1.165, 1.54) is 0 Å². The van der Waals surface area contributed by atoms with Gasteiger partial charge >= 0.3 is 11.9 Å². The van der Waals surface area contributed by atoms with Crippen LogP contribution in [0.2, 0.25) is 0 Å². The maximum Gasteiger partial charge on any atom is 0.313 e. The van der Waals surface area contributed by atoms with E-state index in [2.05, 4.69) is 62.4 Å². The van der Waals surface area contributed by atoms with Crippen molar-refractivity contribution in [3.8, 4) is 22.6 Å². The van der Waals surface area contributed by atoms with Crippen LogP contribution in [0.1, 0.15) is 38.8 Å². The Labute approximate surface area is 245 Å². The highest BCUT2D eigenvalue weighted by Crippen LogP contribution is 2.50. The number of fused-ring (bicyclic) bond motifs is 4. The van der Waals surface area contributed by atoms with E-state index in [1.54, 1.807) is 0 Å². The van der Waals surface area contributed by atoms with Crippen LogP contribution in [0.5, 0.6) is 11.5 Å². The second-order valence-electron chi connectivity index (χ2n) is 11.7. The molecule has 4 nitrogen and oxygen atoms in total. The first-order valence-corrected chi connectivity index (χ1v) is 14.5. The van der Waals surface area contributed by atoms with Crippen LogP contribution in [0.25, 0.3) is 54.2 Å². The summed E-state index contributed by atoms with van der Waals surface area (Å²) in [6.45, 7) is 11.5. The van der Waals surface area contributed by atoms with Crippen molar-refractivity contribution in [2.45, 2.75) is 41.5 Å². The Bertz CT molecular complexity index is 1900. The Morgan fingerprint density at radius 3 is 1.17 bits per heavy atom. The van der Waals surface area contributed by atoms with Crippen molar-refractivity contribution in [3.63, 3.8) is 0 Å². The quantitative estimate of drug-likeness (QED) is 0.121. The van der Waals surface area contributed by atoms with Gasteiger partial charge in [-0.15, -0.1) is 0 Å². The molecule has 0 fully saturated rings. The van der Waals surface area contributed by atoms with Gasteiger partial charge in [0.2, 0.25) is 0 Å². The van der Waals surface area contributed by atoms with Crippen LogP contribution < -0.4 is 9.47 Å². The number of esters is 2. The molecule has 0 aliphatic rings. The predicted octanol–water partition coefficient (Wildman–Crippen LogP) is 9.71. The van der Waals surface area contributed by atoms with Crippen LogP contribution in [-0.2, 0) is 9.59 Å². The molecule has 0 saturated carbocycles. The van der Waals surface area contributed by atoms with E-state index in [1.807, 2.05) is 64.1 Å². The van der Waals surface area contributed by atoms with Crippen molar-refractivity contribution in [1.82, 2.24) is 0 Å². The molecule has 4 heteroatoms. The molecule has 210 valence electrons. The van der Waals surface area contributed by atoms with Gasteiger partial charge in [0.25, 0.3) is 0 Å². The zero-order valence-electron chi connectivity index (χ0n) is 24.9. The molecule has 0 atom stereocenters. The molecular weight excluding hydrogens is 520 g/mol. The lowest BCUT2D eigenvalue weighted by Crippen LogP contribution is -2.15. The smallest absolute Gasteiger partial charge is 0.313 e. The molecule has 6 rings (SSSR count). The molecule has 0 aromatic heterocycles. The number of benzene rings is 6. The Morgan fingerprint density at radius 1 is 0.476 bits per heavy atom. The summed E-state index contributed by atoms with van der Waals surface area (Å²) in [6.07, 6.45) is 0. The van der Waals surface area contributed by atoms with Gasteiger partial charge in [0.1, 0.15) is 11.5 Å². The summed E-state index contributed by atoms with van der Waals surface area (Å²) >= 11 is 0. The lowest BCUT2D eigenvalue weighted by atomic mass is 9.84. The van der Waals surface area contributed by atoms with E-state index >= 15 is 0 Å². The number of aryl methyl sites for hydroxylation is 2. The molecule has 0 spiro atoms. The zero-order chi connectivity index (χ0) is 29.7. The lowest BCUT2D eigenvalue weighted by Gasteiger charge is -2.22. The third-order valence-electron chi connectivity index (χ3n) is 7.86. The molecule has 0 radical (unpaired) electrons. The maximum absolute atomic E-state index is 12.9. The van der Waals surface area contributed by atoms with Gasteiger partial charge in [0, 0.05) is 21.5 Å². The molecule has 0 heterocycles. The Kier molecular flexibility index (Phi) is 6.94. The van der Waals surface area contributed by atoms with E-state index in [4.69, 9.17) is 9.47 Å².